The number of rotatable bonds is 88. The van der Waals surface area contributed by atoms with Crippen LogP contribution in [-0.2, 0) is 65.4 Å². The van der Waals surface area contributed by atoms with Gasteiger partial charge in [-0.25, -0.2) is 9.13 Å². The van der Waals surface area contributed by atoms with E-state index in [-0.39, 0.29) is 25.7 Å². The highest BCUT2D eigenvalue weighted by Gasteiger charge is 2.30. The quantitative estimate of drug-likeness (QED) is 0.0222. The van der Waals surface area contributed by atoms with Gasteiger partial charge in [-0.1, -0.05) is 426 Å². The van der Waals surface area contributed by atoms with Crippen LogP contribution in [0.1, 0.15) is 478 Å². The molecule has 636 valence electrons. The van der Waals surface area contributed by atoms with Crippen LogP contribution in [0.5, 0.6) is 0 Å². The number of carbonyl (C=O) groups is 4. The molecule has 19 heteroatoms. The lowest BCUT2D eigenvalue weighted by Crippen LogP contribution is -2.30. The predicted molar refractivity (Wildman–Crippen MR) is 442 cm³/mol. The number of phosphoric acid groups is 2. The van der Waals surface area contributed by atoms with Crippen molar-refractivity contribution in [1.29, 1.82) is 0 Å². The first kappa shape index (κ1) is 105. The smallest absolute Gasteiger partial charge is 0.462 e. The molecule has 0 aliphatic heterocycles. The topological polar surface area (TPSA) is 237 Å². The maximum atomic E-state index is 13.2. The SMILES string of the molecule is CCCCCCCCCCCCCCCCCCCCCCCC(=O)O[C@H](COC(=O)CCCCCCCCCCCCCCCCCCCC)COP(=O)(O)OC[C@@H](O)COP(=O)(O)OC[C@@H](COC(=O)CCCCCCCCCCC(C)CC)OC(=O)CCCCCCCCCCCCCCCCCC. The van der Waals surface area contributed by atoms with Crippen LogP contribution in [-0.4, -0.2) is 96.7 Å². The zero-order valence-corrected chi connectivity index (χ0v) is 72.1. The third-order valence-corrected chi connectivity index (χ3v) is 23.0. The standard InChI is InChI=1S/C88H172O17P2/c1-6-10-13-16-19-22-25-28-31-34-36-37-38-40-43-46-49-52-59-64-69-74-87(92)104-83(77-98-85(90)71-66-61-56-50-47-44-42-39-35-32-29-26-23-20-17-14-11-7-2)79-102-106(94,95)100-75-82(89)76-101-107(96,97)103-80-84(78-99-86(91)72-67-62-57-54-53-55-60-65-70-81(5)9-4)105-88(93)73-68-63-58-51-48-45-41-33-30-27-24-21-18-15-12-8-3/h81-84,89H,6-80H2,1-5H3,(H,94,95)(H,96,97)/t81?,82-,83-,84-/m1/s1. The van der Waals surface area contributed by atoms with Crippen molar-refractivity contribution in [2.24, 2.45) is 5.92 Å². The number of ether oxygens (including phenoxy) is 4. The predicted octanol–water partition coefficient (Wildman–Crippen LogP) is 27.2. The summed E-state index contributed by atoms with van der Waals surface area (Å²) in [6.45, 7) is 7.38. The van der Waals surface area contributed by atoms with Gasteiger partial charge >= 0.3 is 39.5 Å². The number of esters is 4. The van der Waals surface area contributed by atoms with Crippen molar-refractivity contribution in [2.45, 2.75) is 496 Å². The first-order valence-electron chi connectivity index (χ1n) is 45.7. The monoisotopic (exact) mass is 1560 g/mol. The van der Waals surface area contributed by atoms with Crippen LogP contribution in [0, 0.1) is 5.92 Å². The first-order valence-corrected chi connectivity index (χ1v) is 48.7. The van der Waals surface area contributed by atoms with E-state index in [1.54, 1.807) is 0 Å². The van der Waals surface area contributed by atoms with Crippen molar-refractivity contribution in [2.75, 3.05) is 39.6 Å². The molecule has 0 radical (unpaired) electrons. The normalized spacial score (nSPS) is 14.0. The molecule has 107 heavy (non-hydrogen) atoms. The summed E-state index contributed by atoms with van der Waals surface area (Å²) in [5.41, 5.74) is 0. The van der Waals surface area contributed by atoms with Crippen molar-refractivity contribution in [1.82, 2.24) is 0 Å². The van der Waals surface area contributed by atoms with E-state index >= 15 is 0 Å². The zero-order valence-electron chi connectivity index (χ0n) is 70.3. The number of hydrogen-bond acceptors (Lipinski definition) is 15. The van der Waals surface area contributed by atoms with E-state index in [9.17, 15) is 43.2 Å². The molecule has 0 aromatic rings. The summed E-state index contributed by atoms with van der Waals surface area (Å²) in [7, 11) is -9.93. The molecule has 0 amide bonds. The summed E-state index contributed by atoms with van der Waals surface area (Å²) < 4.78 is 69.0. The molecule has 3 N–H and O–H groups in total. The van der Waals surface area contributed by atoms with Gasteiger partial charge in [0.15, 0.2) is 12.2 Å². The number of aliphatic hydroxyl groups is 1. The Morgan fingerprint density at radius 1 is 0.262 bits per heavy atom. The number of carbonyl (C=O) groups excluding carboxylic acids is 4. The second-order valence-electron chi connectivity index (χ2n) is 31.9. The Morgan fingerprint density at radius 3 is 0.664 bits per heavy atom. The van der Waals surface area contributed by atoms with E-state index in [1.165, 1.54) is 302 Å². The summed E-state index contributed by atoms with van der Waals surface area (Å²) >= 11 is 0. The maximum absolute atomic E-state index is 13.2. The van der Waals surface area contributed by atoms with Gasteiger partial charge in [0.05, 0.1) is 26.4 Å². The fourth-order valence-corrected chi connectivity index (χ4v) is 15.4. The Labute approximate surface area is 658 Å². The number of unbranched alkanes of at least 4 members (excludes halogenated alkanes) is 59. The van der Waals surface area contributed by atoms with Gasteiger partial charge in [0, 0.05) is 25.7 Å². The molecule has 0 aromatic heterocycles. The summed E-state index contributed by atoms with van der Waals surface area (Å²) in [5, 5.41) is 10.7. The van der Waals surface area contributed by atoms with Gasteiger partial charge in [-0.3, -0.25) is 37.3 Å². The minimum Gasteiger partial charge on any atom is -0.462 e. The molecule has 0 aromatic carbocycles. The van der Waals surface area contributed by atoms with Crippen molar-refractivity contribution < 1.29 is 80.2 Å². The minimum absolute atomic E-state index is 0.108. The summed E-state index contributed by atoms with van der Waals surface area (Å²) in [6, 6.07) is 0. The lowest BCUT2D eigenvalue weighted by atomic mass is 9.99. The number of aliphatic hydroxyl groups excluding tert-OH is 1. The zero-order chi connectivity index (χ0) is 78.3. The van der Waals surface area contributed by atoms with Crippen molar-refractivity contribution in [3.63, 3.8) is 0 Å². The van der Waals surface area contributed by atoms with Gasteiger partial charge in [-0.05, 0) is 31.6 Å². The van der Waals surface area contributed by atoms with Crippen LogP contribution in [0.3, 0.4) is 0 Å². The Hall–Kier alpha value is -1.94. The molecule has 0 bridgehead atoms. The van der Waals surface area contributed by atoms with Crippen LogP contribution in [0.2, 0.25) is 0 Å². The summed E-state index contributed by atoms with van der Waals surface area (Å²) in [5.74, 6) is -1.32. The van der Waals surface area contributed by atoms with E-state index in [2.05, 4.69) is 34.6 Å². The molecular formula is C88H172O17P2. The highest BCUT2D eigenvalue weighted by molar-refractivity contribution is 7.47. The van der Waals surface area contributed by atoms with Crippen LogP contribution in [0.4, 0.5) is 0 Å². The van der Waals surface area contributed by atoms with Gasteiger partial charge in [-0.15, -0.1) is 0 Å². The Balaban J connectivity index is 5.25. The molecule has 17 nitrogen and oxygen atoms in total. The maximum Gasteiger partial charge on any atom is 0.472 e. The summed E-state index contributed by atoms with van der Waals surface area (Å²) in [6.07, 6.45) is 75.0. The van der Waals surface area contributed by atoms with Crippen molar-refractivity contribution >= 4 is 39.5 Å². The minimum atomic E-state index is -4.97. The van der Waals surface area contributed by atoms with Crippen LogP contribution >= 0.6 is 15.6 Å². The van der Waals surface area contributed by atoms with Gasteiger partial charge in [-0.2, -0.15) is 0 Å². The number of phosphoric ester groups is 2. The lowest BCUT2D eigenvalue weighted by molar-refractivity contribution is -0.161. The second-order valence-corrected chi connectivity index (χ2v) is 34.8. The Kier molecular flexibility index (Phi) is 79.2. The third kappa shape index (κ3) is 80.5. The molecule has 0 fully saturated rings. The highest BCUT2D eigenvalue weighted by atomic mass is 31.2. The first-order chi connectivity index (χ1) is 52.1. The van der Waals surface area contributed by atoms with Crippen LogP contribution in [0.25, 0.3) is 0 Å². The molecule has 0 rings (SSSR count). The van der Waals surface area contributed by atoms with Crippen molar-refractivity contribution in [3.05, 3.63) is 0 Å². The fraction of sp³-hybridized carbons (Fsp3) is 0.955. The highest BCUT2D eigenvalue weighted by Crippen LogP contribution is 2.45. The van der Waals surface area contributed by atoms with Gasteiger partial charge in [0.2, 0.25) is 0 Å². The van der Waals surface area contributed by atoms with Crippen molar-refractivity contribution in [3.8, 4) is 0 Å². The van der Waals surface area contributed by atoms with Gasteiger partial charge < -0.3 is 33.8 Å². The van der Waals surface area contributed by atoms with E-state index in [0.29, 0.717) is 25.7 Å². The largest absolute Gasteiger partial charge is 0.472 e. The Bertz CT molecular complexity index is 2030. The van der Waals surface area contributed by atoms with Gasteiger partial charge in [0.1, 0.15) is 19.3 Å². The molecule has 0 saturated heterocycles. The van der Waals surface area contributed by atoms with E-state index in [0.717, 1.165) is 95.8 Å². The number of hydrogen-bond donors (Lipinski definition) is 3. The van der Waals surface area contributed by atoms with Gasteiger partial charge in [0.25, 0.3) is 0 Å². The van der Waals surface area contributed by atoms with E-state index in [1.807, 2.05) is 0 Å². The molecule has 0 heterocycles. The molecule has 0 spiro atoms. The average Bonchev–Trinajstić information content (AvgIpc) is 0.901. The lowest BCUT2D eigenvalue weighted by Gasteiger charge is -2.21. The molecular weight excluding hydrogens is 1390 g/mol. The molecule has 6 atom stereocenters. The molecule has 3 unspecified atom stereocenters. The molecule has 0 aliphatic carbocycles. The Morgan fingerprint density at radius 2 is 0.449 bits per heavy atom. The molecule has 0 saturated carbocycles. The average molecular weight is 1560 g/mol. The second kappa shape index (κ2) is 80.7. The summed E-state index contributed by atoms with van der Waals surface area (Å²) in [4.78, 5) is 73.3. The van der Waals surface area contributed by atoms with Crippen LogP contribution < -0.4 is 0 Å². The fourth-order valence-electron chi connectivity index (χ4n) is 13.8. The van der Waals surface area contributed by atoms with E-state index < -0.39 is 97.5 Å². The third-order valence-electron chi connectivity index (χ3n) is 21.1. The molecule has 0 aliphatic rings. The van der Waals surface area contributed by atoms with Crippen LogP contribution in [0.15, 0.2) is 0 Å². The van der Waals surface area contributed by atoms with E-state index in [4.69, 9.17) is 37.0 Å².